The van der Waals surface area contributed by atoms with E-state index >= 15 is 4.79 Å². The maximum absolute atomic E-state index is 15.2. The summed E-state index contributed by atoms with van der Waals surface area (Å²) in [5, 5.41) is 0. The Morgan fingerprint density at radius 1 is 0.636 bits per heavy atom. The van der Waals surface area contributed by atoms with E-state index in [0.29, 0.717) is 17.8 Å². The van der Waals surface area contributed by atoms with Gasteiger partial charge in [0.1, 0.15) is 0 Å². The number of benzene rings is 3. The summed E-state index contributed by atoms with van der Waals surface area (Å²) < 4.78 is 7.52. The van der Waals surface area contributed by atoms with E-state index in [-0.39, 0.29) is 27.6 Å². The third-order valence-electron chi connectivity index (χ3n) is 10.7. The molecule has 4 bridgehead atoms. The molecule has 3 aromatic carbocycles. The number of rotatable bonds is 5. The largest absolute Gasteiger partial charge is 0.401 e. The first kappa shape index (κ1) is 31.5. The summed E-state index contributed by atoms with van der Waals surface area (Å²) in [6.07, 6.45) is 6.91. The van der Waals surface area contributed by atoms with Crippen LogP contribution in [0.2, 0.25) is 0 Å². The molecule has 0 aromatic heterocycles. The first-order chi connectivity index (χ1) is 20.5. The Morgan fingerprint density at radius 3 is 1.36 bits per heavy atom. The lowest BCUT2D eigenvalue weighted by Gasteiger charge is -2.56. The summed E-state index contributed by atoms with van der Waals surface area (Å²) in [6, 6.07) is 26.4. The second-order valence-electron chi connectivity index (χ2n) is 17.4. The van der Waals surface area contributed by atoms with Crippen molar-refractivity contribution in [2.75, 3.05) is 0 Å². The van der Waals surface area contributed by atoms with Crippen molar-refractivity contribution in [2.24, 2.45) is 23.2 Å². The van der Waals surface area contributed by atoms with E-state index in [1.54, 1.807) is 0 Å². The zero-order valence-electron chi connectivity index (χ0n) is 28.6. The monoisotopic (exact) mass is 610 g/mol. The van der Waals surface area contributed by atoms with Gasteiger partial charge in [-0.15, -0.1) is 0 Å². The summed E-state index contributed by atoms with van der Waals surface area (Å²) in [4.78, 5) is 18.6. The lowest BCUT2D eigenvalue weighted by atomic mass is 9.49. The van der Waals surface area contributed by atoms with Gasteiger partial charge in [-0.3, -0.25) is 4.79 Å². The number of carbonyl (C=O) groups excluding carboxylic acids is 1. The standard InChI is InChI=1S/C41H54O2S/c1-38(2,3)31-23-34(39(4,5)6)36(35(24-31)40(7,8)9)44(32-16-12-10-13-17-32,33-18-14-11-15-19-33)43-37(42)41-25-28-20-29(26-41)22-30(21-28)27-41/h10-19,23-24,28-30H,20-22,25-27H2,1-9H3. The molecule has 0 spiro atoms. The highest BCUT2D eigenvalue weighted by Crippen LogP contribution is 2.74. The van der Waals surface area contributed by atoms with Crippen LogP contribution in [0, 0.1) is 23.2 Å². The SMILES string of the molecule is CC(C)(C)c1cc(C(C)(C)C)c(S(OC(=O)C23CC4CC(CC(C4)C2)C3)(c2ccccc2)c2ccccc2)c(C(C)(C)C)c1. The second-order valence-corrected chi connectivity index (χ2v) is 20.0. The fourth-order valence-electron chi connectivity index (χ4n) is 8.78. The molecule has 4 aliphatic carbocycles. The van der Waals surface area contributed by atoms with Crippen molar-refractivity contribution < 1.29 is 8.98 Å². The van der Waals surface area contributed by atoms with Crippen LogP contribution in [0.25, 0.3) is 0 Å². The Hall–Kier alpha value is -2.52. The van der Waals surface area contributed by atoms with E-state index in [0.717, 1.165) is 29.1 Å². The van der Waals surface area contributed by atoms with Gasteiger partial charge in [-0.25, -0.2) is 0 Å². The van der Waals surface area contributed by atoms with Crippen LogP contribution >= 0.6 is 10.3 Å². The topological polar surface area (TPSA) is 26.3 Å². The van der Waals surface area contributed by atoms with Gasteiger partial charge in [-0.1, -0.05) is 111 Å². The molecule has 0 amide bonds. The zero-order chi connectivity index (χ0) is 31.7. The normalized spacial score (nSPS) is 25.6. The predicted molar refractivity (Wildman–Crippen MR) is 185 cm³/mol. The van der Waals surface area contributed by atoms with Gasteiger partial charge in [-0.05, 0) is 124 Å². The Balaban J connectivity index is 1.70. The van der Waals surface area contributed by atoms with Crippen LogP contribution < -0.4 is 0 Å². The fourth-order valence-corrected chi connectivity index (χ4v) is 12.6. The number of carbonyl (C=O) groups is 1. The second kappa shape index (κ2) is 10.8. The predicted octanol–water partition coefficient (Wildman–Crippen LogP) is 11.5. The molecule has 0 saturated heterocycles. The van der Waals surface area contributed by atoms with Gasteiger partial charge in [0.25, 0.3) is 0 Å². The lowest BCUT2D eigenvalue weighted by molar-refractivity contribution is -0.160. The van der Waals surface area contributed by atoms with Crippen LogP contribution in [-0.4, -0.2) is 5.97 Å². The van der Waals surface area contributed by atoms with E-state index in [4.69, 9.17) is 4.18 Å². The molecule has 4 saturated carbocycles. The third-order valence-corrected chi connectivity index (χ3v) is 14.0. The van der Waals surface area contributed by atoms with Crippen molar-refractivity contribution in [1.82, 2.24) is 0 Å². The molecule has 7 rings (SSSR count). The highest BCUT2D eigenvalue weighted by atomic mass is 32.3. The lowest BCUT2D eigenvalue weighted by Crippen LogP contribution is -2.50. The maximum atomic E-state index is 15.2. The highest BCUT2D eigenvalue weighted by molar-refractivity contribution is 8.30. The summed E-state index contributed by atoms with van der Waals surface area (Å²) in [5.41, 5.74) is 3.18. The van der Waals surface area contributed by atoms with Crippen molar-refractivity contribution in [3.8, 4) is 0 Å². The Labute approximate surface area is 268 Å². The Bertz CT molecular complexity index is 1400. The van der Waals surface area contributed by atoms with Gasteiger partial charge in [-0.2, -0.15) is 0 Å². The van der Waals surface area contributed by atoms with E-state index < -0.39 is 10.3 Å². The summed E-state index contributed by atoms with van der Waals surface area (Å²) >= 11 is 0. The molecule has 0 atom stereocenters. The Morgan fingerprint density at radius 2 is 1.02 bits per heavy atom. The van der Waals surface area contributed by atoms with E-state index in [1.165, 1.54) is 40.8 Å². The van der Waals surface area contributed by atoms with Crippen molar-refractivity contribution in [3.05, 3.63) is 89.5 Å². The summed E-state index contributed by atoms with van der Waals surface area (Å²) in [7, 11) is -2.46. The zero-order valence-corrected chi connectivity index (χ0v) is 29.4. The quantitative estimate of drug-likeness (QED) is 0.287. The molecule has 3 aromatic rings. The van der Waals surface area contributed by atoms with Crippen LogP contribution in [-0.2, 0) is 25.2 Å². The van der Waals surface area contributed by atoms with Crippen LogP contribution in [0.5, 0.6) is 0 Å². The minimum Gasteiger partial charge on any atom is -0.401 e. The molecular weight excluding hydrogens is 557 g/mol. The molecule has 0 unspecified atom stereocenters. The first-order valence-electron chi connectivity index (χ1n) is 16.9. The average molecular weight is 611 g/mol. The van der Waals surface area contributed by atoms with Crippen LogP contribution in [0.4, 0.5) is 0 Å². The molecule has 4 fully saturated rings. The van der Waals surface area contributed by atoms with Gasteiger partial charge >= 0.3 is 5.97 Å². The maximum Gasteiger partial charge on any atom is 0.323 e. The van der Waals surface area contributed by atoms with Gasteiger partial charge in [0.05, 0.1) is 5.41 Å². The van der Waals surface area contributed by atoms with Crippen LogP contribution in [0.3, 0.4) is 0 Å². The summed E-state index contributed by atoms with van der Waals surface area (Å²) in [6.45, 7) is 20.9. The molecule has 0 aliphatic heterocycles. The van der Waals surface area contributed by atoms with E-state index in [2.05, 4.69) is 135 Å². The van der Waals surface area contributed by atoms with Crippen molar-refractivity contribution in [3.63, 3.8) is 0 Å². The molecule has 2 nitrogen and oxygen atoms in total. The first-order valence-corrected chi connectivity index (χ1v) is 18.5. The molecule has 0 radical (unpaired) electrons. The molecule has 44 heavy (non-hydrogen) atoms. The molecule has 0 heterocycles. The minimum absolute atomic E-state index is 0.0219. The molecule has 0 N–H and O–H groups in total. The minimum atomic E-state index is -2.46. The van der Waals surface area contributed by atoms with Crippen molar-refractivity contribution in [1.29, 1.82) is 0 Å². The third kappa shape index (κ3) is 5.46. The number of hydrogen-bond acceptors (Lipinski definition) is 2. The van der Waals surface area contributed by atoms with Gasteiger partial charge in [0.2, 0.25) is 0 Å². The van der Waals surface area contributed by atoms with Gasteiger partial charge < -0.3 is 4.18 Å². The molecule has 4 aliphatic rings. The Kier molecular flexibility index (Phi) is 7.71. The number of hydrogen-bond donors (Lipinski definition) is 0. The van der Waals surface area contributed by atoms with Crippen molar-refractivity contribution >= 4 is 16.3 Å². The molecule has 236 valence electrons. The molecule has 3 heteroatoms. The van der Waals surface area contributed by atoms with Gasteiger partial charge in [0.15, 0.2) is 0 Å². The smallest absolute Gasteiger partial charge is 0.323 e. The average Bonchev–Trinajstić information content (AvgIpc) is 2.94. The summed E-state index contributed by atoms with van der Waals surface area (Å²) in [5.74, 6) is 2.08. The highest BCUT2D eigenvalue weighted by Gasteiger charge is 2.57. The van der Waals surface area contributed by atoms with E-state index in [1.807, 2.05) is 0 Å². The van der Waals surface area contributed by atoms with E-state index in [9.17, 15) is 0 Å². The van der Waals surface area contributed by atoms with Crippen molar-refractivity contribution in [2.45, 2.75) is 132 Å². The van der Waals surface area contributed by atoms with Crippen LogP contribution in [0.15, 0.2) is 87.5 Å². The fraction of sp³-hybridized carbons (Fsp3) is 0.537. The van der Waals surface area contributed by atoms with Crippen LogP contribution in [0.1, 0.15) is 118 Å². The van der Waals surface area contributed by atoms with Gasteiger partial charge in [0, 0.05) is 14.7 Å². The molecular formula is C41H54O2S.